The minimum Gasteiger partial charge on any atom is -0.358 e. The first-order valence-corrected chi connectivity index (χ1v) is 7.20. The van der Waals surface area contributed by atoms with E-state index in [4.69, 9.17) is 0 Å². The van der Waals surface area contributed by atoms with Crippen molar-refractivity contribution in [3.05, 3.63) is 24.3 Å². The Kier molecular flexibility index (Phi) is 3.38. The van der Waals surface area contributed by atoms with Crippen molar-refractivity contribution in [2.45, 2.75) is 17.3 Å². The van der Waals surface area contributed by atoms with Crippen LogP contribution in [0, 0.1) is 0 Å². The monoisotopic (exact) mass is 303 g/mol. The summed E-state index contributed by atoms with van der Waals surface area (Å²) in [5.41, 5.74) is 1.70. The van der Waals surface area contributed by atoms with Gasteiger partial charge in [-0.3, -0.25) is 14.0 Å². The predicted octanol–water partition coefficient (Wildman–Crippen LogP) is 1.01. The number of para-hydroxylation sites is 2. The molecular weight excluding hydrogens is 290 g/mol. The standard InChI is InChI=1S/C13H13N5O2S/c1-7(19)10(11(20)14-2)21-13-17-16-12-15-8-5-3-4-6-9(8)18(12)13/h3-6,10H,1-2H3,(H,14,20)(H,15,16). The number of hydrogen-bond donors (Lipinski definition) is 2. The second-order valence-corrected chi connectivity index (χ2v) is 5.56. The lowest BCUT2D eigenvalue weighted by atomic mass is 10.3. The highest BCUT2D eigenvalue weighted by Crippen LogP contribution is 2.26. The van der Waals surface area contributed by atoms with E-state index in [1.165, 1.54) is 14.0 Å². The van der Waals surface area contributed by atoms with Crippen LogP contribution in [0.15, 0.2) is 29.4 Å². The first-order chi connectivity index (χ1) is 10.1. The van der Waals surface area contributed by atoms with Crippen LogP contribution in [0.2, 0.25) is 0 Å². The summed E-state index contributed by atoms with van der Waals surface area (Å²) in [6, 6.07) is 7.61. The summed E-state index contributed by atoms with van der Waals surface area (Å²) in [7, 11) is 1.51. The van der Waals surface area contributed by atoms with Gasteiger partial charge < -0.3 is 5.32 Å². The van der Waals surface area contributed by atoms with E-state index >= 15 is 0 Å². The lowest BCUT2D eigenvalue weighted by molar-refractivity contribution is -0.126. The molecule has 21 heavy (non-hydrogen) atoms. The summed E-state index contributed by atoms with van der Waals surface area (Å²) < 4.78 is 1.80. The number of rotatable bonds is 4. The molecule has 7 nitrogen and oxygen atoms in total. The number of thioether (sulfide) groups is 1. The lowest BCUT2D eigenvalue weighted by Crippen LogP contribution is -2.34. The third-order valence-corrected chi connectivity index (χ3v) is 4.35. The number of H-pyrrole nitrogens is 1. The average molecular weight is 303 g/mol. The van der Waals surface area contributed by atoms with Gasteiger partial charge in [0.05, 0.1) is 11.0 Å². The van der Waals surface area contributed by atoms with Gasteiger partial charge in [0.2, 0.25) is 11.7 Å². The van der Waals surface area contributed by atoms with Crippen molar-refractivity contribution < 1.29 is 9.59 Å². The zero-order valence-electron chi connectivity index (χ0n) is 11.5. The minimum atomic E-state index is -0.831. The molecule has 3 aromatic rings. The molecule has 1 atom stereocenters. The van der Waals surface area contributed by atoms with Gasteiger partial charge in [0.25, 0.3) is 0 Å². The van der Waals surface area contributed by atoms with Crippen LogP contribution in [0.4, 0.5) is 0 Å². The quantitative estimate of drug-likeness (QED) is 0.554. The van der Waals surface area contributed by atoms with Crippen LogP contribution in [-0.2, 0) is 9.59 Å². The second kappa shape index (κ2) is 5.21. The van der Waals surface area contributed by atoms with Crippen molar-refractivity contribution >= 4 is 40.3 Å². The number of carbonyl (C=O) groups excluding carboxylic acids is 2. The number of aromatic nitrogens is 4. The van der Waals surface area contributed by atoms with Crippen LogP contribution in [0.3, 0.4) is 0 Å². The molecule has 0 aliphatic rings. The van der Waals surface area contributed by atoms with Crippen LogP contribution in [-0.4, -0.2) is 43.6 Å². The van der Waals surface area contributed by atoms with Crippen LogP contribution in [0.25, 0.3) is 16.8 Å². The molecule has 1 unspecified atom stereocenters. The summed E-state index contributed by atoms with van der Waals surface area (Å²) in [5.74, 6) is 0.0194. The summed E-state index contributed by atoms with van der Waals surface area (Å²) in [6.07, 6.45) is 0. The molecule has 0 bridgehead atoms. The van der Waals surface area contributed by atoms with E-state index in [2.05, 4.69) is 20.5 Å². The van der Waals surface area contributed by atoms with Gasteiger partial charge in [-0.2, -0.15) is 0 Å². The van der Waals surface area contributed by atoms with E-state index in [1.807, 2.05) is 24.3 Å². The maximum absolute atomic E-state index is 11.8. The number of carbonyl (C=O) groups is 2. The van der Waals surface area contributed by atoms with E-state index in [0.717, 1.165) is 22.8 Å². The fourth-order valence-electron chi connectivity index (χ4n) is 2.08. The van der Waals surface area contributed by atoms with Gasteiger partial charge in [0.15, 0.2) is 10.9 Å². The van der Waals surface area contributed by atoms with E-state index < -0.39 is 5.25 Å². The van der Waals surface area contributed by atoms with Crippen molar-refractivity contribution in [1.82, 2.24) is 24.9 Å². The van der Waals surface area contributed by atoms with Gasteiger partial charge in [0.1, 0.15) is 5.25 Å². The predicted molar refractivity (Wildman–Crippen MR) is 79.2 cm³/mol. The molecule has 2 heterocycles. The summed E-state index contributed by atoms with van der Waals surface area (Å²) in [6.45, 7) is 1.39. The molecule has 0 saturated carbocycles. The third kappa shape index (κ3) is 2.27. The van der Waals surface area contributed by atoms with E-state index in [-0.39, 0.29) is 11.7 Å². The van der Waals surface area contributed by atoms with E-state index in [9.17, 15) is 9.59 Å². The second-order valence-electron chi connectivity index (χ2n) is 4.49. The molecule has 0 spiro atoms. The highest BCUT2D eigenvalue weighted by atomic mass is 32.2. The van der Waals surface area contributed by atoms with E-state index in [0.29, 0.717) is 10.9 Å². The molecule has 0 radical (unpaired) electrons. The normalized spacial score (nSPS) is 12.7. The average Bonchev–Trinajstić information content (AvgIpc) is 3.02. The van der Waals surface area contributed by atoms with Gasteiger partial charge in [-0.05, 0) is 19.1 Å². The molecule has 2 N–H and O–H groups in total. The fourth-order valence-corrected chi connectivity index (χ4v) is 3.07. The molecule has 1 aromatic carbocycles. The molecule has 1 amide bonds. The highest BCUT2D eigenvalue weighted by molar-refractivity contribution is 8.01. The molecule has 0 aliphatic carbocycles. The Morgan fingerprint density at radius 3 is 2.86 bits per heavy atom. The van der Waals surface area contributed by atoms with Crippen molar-refractivity contribution in [2.75, 3.05) is 7.05 Å². The summed E-state index contributed by atoms with van der Waals surface area (Å²) >= 11 is 1.10. The number of fused-ring (bicyclic) bond motifs is 3. The topological polar surface area (TPSA) is 92.2 Å². The smallest absolute Gasteiger partial charge is 0.240 e. The highest BCUT2D eigenvalue weighted by Gasteiger charge is 2.26. The van der Waals surface area contributed by atoms with Crippen LogP contribution in [0.1, 0.15) is 6.92 Å². The number of nitrogens with zero attached hydrogens (tertiary/aromatic N) is 3. The molecule has 0 saturated heterocycles. The van der Waals surface area contributed by atoms with Gasteiger partial charge in [-0.1, -0.05) is 23.9 Å². The van der Waals surface area contributed by atoms with Crippen molar-refractivity contribution in [3.63, 3.8) is 0 Å². The number of benzene rings is 1. The Balaban J connectivity index is 2.08. The zero-order chi connectivity index (χ0) is 15.0. The molecule has 0 fully saturated rings. The van der Waals surface area contributed by atoms with Crippen molar-refractivity contribution in [3.8, 4) is 0 Å². The number of imidazole rings is 1. The third-order valence-electron chi connectivity index (χ3n) is 3.08. The lowest BCUT2D eigenvalue weighted by Gasteiger charge is -2.09. The molecule has 108 valence electrons. The summed E-state index contributed by atoms with van der Waals surface area (Å²) in [4.78, 5) is 27.9. The Morgan fingerprint density at radius 2 is 2.14 bits per heavy atom. The number of aromatic amines is 1. The molecule has 8 heteroatoms. The number of amides is 1. The Hall–Kier alpha value is -2.35. The number of nitrogens with one attached hydrogen (secondary N) is 2. The molecule has 3 rings (SSSR count). The summed E-state index contributed by atoms with van der Waals surface area (Å²) in [5, 5.41) is 9.16. The first kappa shape index (κ1) is 13.6. The Morgan fingerprint density at radius 1 is 1.38 bits per heavy atom. The minimum absolute atomic E-state index is 0.222. The maximum atomic E-state index is 11.8. The van der Waals surface area contributed by atoms with Crippen molar-refractivity contribution in [1.29, 1.82) is 0 Å². The maximum Gasteiger partial charge on any atom is 0.240 e. The van der Waals surface area contributed by atoms with Crippen LogP contribution in [0.5, 0.6) is 0 Å². The SMILES string of the molecule is CNC(=O)C(Sc1n[nH]c2nc3ccccc3n12)C(C)=O. The largest absolute Gasteiger partial charge is 0.358 e. The Bertz CT molecular complexity index is 837. The molecule has 2 aromatic heterocycles. The van der Waals surface area contributed by atoms with Gasteiger partial charge in [-0.25, -0.2) is 10.1 Å². The van der Waals surface area contributed by atoms with E-state index in [1.54, 1.807) is 4.40 Å². The van der Waals surface area contributed by atoms with Crippen LogP contribution < -0.4 is 5.32 Å². The van der Waals surface area contributed by atoms with Crippen molar-refractivity contribution in [2.24, 2.45) is 0 Å². The van der Waals surface area contributed by atoms with Crippen LogP contribution >= 0.6 is 11.8 Å². The number of Topliss-reactive ketones (excluding diaryl/α,β-unsaturated/α-hetero) is 1. The number of hydrogen-bond acceptors (Lipinski definition) is 5. The number of ketones is 1. The first-order valence-electron chi connectivity index (χ1n) is 6.32. The fraction of sp³-hybridized carbons (Fsp3) is 0.231. The Labute approximate surface area is 124 Å². The zero-order valence-corrected chi connectivity index (χ0v) is 12.3. The van der Waals surface area contributed by atoms with Gasteiger partial charge in [-0.15, -0.1) is 5.10 Å². The molecular formula is C13H13N5O2S. The van der Waals surface area contributed by atoms with Gasteiger partial charge in [0, 0.05) is 7.05 Å². The van der Waals surface area contributed by atoms with Gasteiger partial charge >= 0.3 is 0 Å². The molecule has 0 aliphatic heterocycles.